The van der Waals surface area contributed by atoms with Gasteiger partial charge in [0, 0.05) is 6.07 Å². The number of nitrogen functional groups attached to an aromatic ring is 1. The van der Waals surface area contributed by atoms with Crippen LogP contribution in [-0.2, 0) is 4.74 Å². The fourth-order valence-electron chi connectivity index (χ4n) is 1.25. The van der Waals surface area contributed by atoms with Crippen molar-refractivity contribution >= 4 is 5.69 Å². The van der Waals surface area contributed by atoms with Gasteiger partial charge in [-0.15, -0.1) is 0 Å². The topological polar surface area (TPSA) is 53.7 Å². The fraction of sp³-hybridized carbons (Fsp3) is 0.500. The molecule has 0 radical (unpaired) electrons. The van der Waals surface area contributed by atoms with Crippen LogP contribution in [0.5, 0.6) is 11.5 Å². The van der Waals surface area contributed by atoms with E-state index >= 15 is 0 Å². The highest BCUT2D eigenvalue weighted by atomic mass is 16.5. The number of rotatable bonds is 6. The third-order valence-corrected chi connectivity index (χ3v) is 2.00. The Kier molecular flexibility index (Phi) is 4.92. The van der Waals surface area contributed by atoms with E-state index in [0.29, 0.717) is 24.7 Å². The van der Waals surface area contributed by atoms with Gasteiger partial charge in [0.1, 0.15) is 18.1 Å². The summed E-state index contributed by atoms with van der Waals surface area (Å²) in [4.78, 5) is 0. The highest BCUT2D eigenvalue weighted by Gasteiger charge is 2.01. The first kappa shape index (κ1) is 12.6. The lowest BCUT2D eigenvalue weighted by atomic mass is 10.3. The summed E-state index contributed by atoms with van der Waals surface area (Å²) < 4.78 is 15.9. The van der Waals surface area contributed by atoms with E-state index in [2.05, 4.69) is 0 Å². The second-order valence-corrected chi connectivity index (χ2v) is 3.67. The van der Waals surface area contributed by atoms with Crippen molar-refractivity contribution in [3.05, 3.63) is 18.2 Å². The van der Waals surface area contributed by atoms with Crippen LogP contribution < -0.4 is 15.2 Å². The Labute approximate surface area is 96.3 Å². The summed E-state index contributed by atoms with van der Waals surface area (Å²) in [6.45, 7) is 5.07. The first-order valence-electron chi connectivity index (χ1n) is 5.31. The summed E-state index contributed by atoms with van der Waals surface area (Å²) in [7, 11) is 1.59. The van der Waals surface area contributed by atoms with Gasteiger partial charge in [0.05, 0.1) is 25.5 Å². The van der Waals surface area contributed by atoms with Crippen LogP contribution in [0, 0.1) is 0 Å². The molecule has 1 rings (SSSR count). The third-order valence-electron chi connectivity index (χ3n) is 2.00. The van der Waals surface area contributed by atoms with Gasteiger partial charge in [0.2, 0.25) is 0 Å². The smallest absolute Gasteiger partial charge is 0.142 e. The molecule has 0 saturated heterocycles. The maximum absolute atomic E-state index is 5.75. The molecule has 0 aliphatic heterocycles. The van der Waals surface area contributed by atoms with Crippen molar-refractivity contribution in [3.63, 3.8) is 0 Å². The summed E-state index contributed by atoms with van der Waals surface area (Å²) in [5, 5.41) is 0. The Balaban J connectivity index is 2.40. The molecule has 90 valence electrons. The van der Waals surface area contributed by atoms with Crippen molar-refractivity contribution in [1.82, 2.24) is 0 Å². The zero-order valence-electron chi connectivity index (χ0n) is 10.0. The molecule has 2 N–H and O–H groups in total. The number of nitrogens with two attached hydrogens (primary N) is 1. The molecule has 0 saturated carbocycles. The van der Waals surface area contributed by atoms with Crippen LogP contribution in [-0.4, -0.2) is 26.4 Å². The van der Waals surface area contributed by atoms with E-state index < -0.39 is 0 Å². The molecule has 4 heteroatoms. The number of hydrogen-bond donors (Lipinski definition) is 1. The minimum atomic E-state index is 0.226. The van der Waals surface area contributed by atoms with Crippen molar-refractivity contribution in [2.45, 2.75) is 20.0 Å². The monoisotopic (exact) mass is 225 g/mol. The van der Waals surface area contributed by atoms with E-state index in [4.69, 9.17) is 19.9 Å². The van der Waals surface area contributed by atoms with E-state index in [-0.39, 0.29) is 6.10 Å². The van der Waals surface area contributed by atoms with Gasteiger partial charge < -0.3 is 19.9 Å². The summed E-state index contributed by atoms with van der Waals surface area (Å²) in [5.41, 5.74) is 6.32. The third kappa shape index (κ3) is 3.98. The Bertz CT molecular complexity index is 326. The largest absolute Gasteiger partial charge is 0.495 e. The normalized spacial score (nSPS) is 10.5. The van der Waals surface area contributed by atoms with Gasteiger partial charge in [-0.2, -0.15) is 0 Å². The number of anilines is 1. The molecule has 0 aliphatic rings. The SMILES string of the molecule is COc1ccc(OCCOC(C)C)cc1N. The number of ether oxygens (including phenoxy) is 3. The van der Waals surface area contributed by atoms with E-state index in [1.807, 2.05) is 19.9 Å². The van der Waals surface area contributed by atoms with Gasteiger partial charge in [0.15, 0.2) is 0 Å². The van der Waals surface area contributed by atoms with Crippen LogP contribution in [0.3, 0.4) is 0 Å². The molecular weight excluding hydrogens is 206 g/mol. The molecule has 0 fully saturated rings. The van der Waals surface area contributed by atoms with Crippen LogP contribution in [0.4, 0.5) is 5.69 Å². The fourth-order valence-corrected chi connectivity index (χ4v) is 1.25. The zero-order chi connectivity index (χ0) is 12.0. The van der Waals surface area contributed by atoms with Crippen LogP contribution in [0.2, 0.25) is 0 Å². The Morgan fingerprint density at radius 3 is 2.56 bits per heavy atom. The van der Waals surface area contributed by atoms with Gasteiger partial charge in [-0.1, -0.05) is 0 Å². The summed E-state index contributed by atoms with van der Waals surface area (Å²) >= 11 is 0. The van der Waals surface area contributed by atoms with Crippen LogP contribution in [0.1, 0.15) is 13.8 Å². The first-order valence-corrected chi connectivity index (χ1v) is 5.31. The molecule has 0 aromatic heterocycles. The Morgan fingerprint density at radius 2 is 2.00 bits per heavy atom. The number of benzene rings is 1. The van der Waals surface area contributed by atoms with Gasteiger partial charge in [-0.3, -0.25) is 0 Å². The predicted molar refractivity (Wildman–Crippen MR) is 64.0 cm³/mol. The van der Waals surface area contributed by atoms with Gasteiger partial charge in [-0.05, 0) is 26.0 Å². The molecule has 0 aliphatic carbocycles. The van der Waals surface area contributed by atoms with E-state index in [1.54, 1.807) is 19.2 Å². The molecule has 0 unspecified atom stereocenters. The van der Waals surface area contributed by atoms with E-state index in [1.165, 1.54) is 0 Å². The van der Waals surface area contributed by atoms with Crippen LogP contribution >= 0.6 is 0 Å². The molecular formula is C12H19NO3. The maximum atomic E-state index is 5.75. The molecule has 4 nitrogen and oxygen atoms in total. The highest BCUT2D eigenvalue weighted by Crippen LogP contribution is 2.25. The minimum absolute atomic E-state index is 0.226. The van der Waals surface area contributed by atoms with Crippen molar-refractivity contribution < 1.29 is 14.2 Å². The predicted octanol–water partition coefficient (Wildman–Crippen LogP) is 2.08. The number of hydrogen-bond acceptors (Lipinski definition) is 4. The molecule has 0 heterocycles. The average molecular weight is 225 g/mol. The lowest BCUT2D eigenvalue weighted by molar-refractivity contribution is 0.0553. The summed E-state index contributed by atoms with van der Waals surface area (Å²) in [6.07, 6.45) is 0.226. The Morgan fingerprint density at radius 1 is 1.25 bits per heavy atom. The average Bonchev–Trinajstić information content (AvgIpc) is 2.24. The standard InChI is InChI=1S/C12H19NO3/c1-9(2)15-6-7-16-10-4-5-12(14-3)11(13)8-10/h4-5,8-9H,6-7,13H2,1-3H3. The van der Waals surface area contributed by atoms with Crippen molar-refractivity contribution in [3.8, 4) is 11.5 Å². The molecule has 0 bridgehead atoms. The van der Waals surface area contributed by atoms with Crippen molar-refractivity contribution in [1.29, 1.82) is 0 Å². The minimum Gasteiger partial charge on any atom is -0.495 e. The molecule has 0 spiro atoms. The summed E-state index contributed by atoms with van der Waals surface area (Å²) in [5.74, 6) is 1.39. The maximum Gasteiger partial charge on any atom is 0.142 e. The van der Waals surface area contributed by atoms with Gasteiger partial charge in [-0.25, -0.2) is 0 Å². The van der Waals surface area contributed by atoms with Crippen molar-refractivity contribution in [2.24, 2.45) is 0 Å². The molecule has 16 heavy (non-hydrogen) atoms. The zero-order valence-corrected chi connectivity index (χ0v) is 10.0. The highest BCUT2D eigenvalue weighted by molar-refractivity contribution is 5.56. The second kappa shape index (κ2) is 6.23. The Hall–Kier alpha value is -1.42. The quantitative estimate of drug-likeness (QED) is 0.595. The van der Waals surface area contributed by atoms with Crippen LogP contribution in [0.15, 0.2) is 18.2 Å². The molecule has 1 aromatic rings. The summed E-state index contributed by atoms with van der Waals surface area (Å²) in [6, 6.07) is 5.35. The lowest BCUT2D eigenvalue weighted by Crippen LogP contribution is -2.11. The first-order chi connectivity index (χ1) is 7.63. The van der Waals surface area contributed by atoms with Gasteiger partial charge >= 0.3 is 0 Å². The lowest BCUT2D eigenvalue weighted by Gasteiger charge is -2.10. The van der Waals surface area contributed by atoms with Crippen molar-refractivity contribution in [2.75, 3.05) is 26.1 Å². The van der Waals surface area contributed by atoms with E-state index in [9.17, 15) is 0 Å². The molecule has 0 amide bonds. The number of methoxy groups -OCH3 is 1. The second-order valence-electron chi connectivity index (χ2n) is 3.67. The molecule has 0 atom stereocenters. The van der Waals surface area contributed by atoms with E-state index in [0.717, 1.165) is 5.75 Å². The van der Waals surface area contributed by atoms with Gasteiger partial charge in [0.25, 0.3) is 0 Å². The van der Waals surface area contributed by atoms with Crippen LogP contribution in [0.25, 0.3) is 0 Å². The molecule has 1 aromatic carbocycles.